The number of hydrogen-bond donors (Lipinski definition) is 2. The molecule has 0 saturated heterocycles. The molecule has 1 aliphatic rings. The highest BCUT2D eigenvalue weighted by atomic mass is 15.0. The lowest BCUT2D eigenvalue weighted by Gasteiger charge is -2.02. The van der Waals surface area contributed by atoms with Crippen molar-refractivity contribution >= 4 is 11.5 Å². The molecule has 2 rings (SSSR count). The molecule has 0 bridgehead atoms. The van der Waals surface area contributed by atoms with Gasteiger partial charge in [0.05, 0.1) is 11.9 Å². The fourth-order valence-corrected chi connectivity index (χ4v) is 1.20. The summed E-state index contributed by atoms with van der Waals surface area (Å²) in [6.45, 7) is 2.23. The lowest BCUT2D eigenvalue weighted by Crippen LogP contribution is -2.04. The van der Waals surface area contributed by atoms with Crippen LogP contribution in [0.4, 0.5) is 11.5 Å². The molecule has 0 amide bonds. The highest BCUT2D eigenvalue weighted by molar-refractivity contribution is 5.45. The first-order chi connectivity index (χ1) is 5.75. The van der Waals surface area contributed by atoms with Crippen molar-refractivity contribution in [1.29, 1.82) is 0 Å². The number of pyridine rings is 1. The molecule has 1 heterocycles. The molecule has 1 aliphatic carbocycles. The van der Waals surface area contributed by atoms with Gasteiger partial charge in [0.1, 0.15) is 5.82 Å². The van der Waals surface area contributed by atoms with E-state index in [1.54, 1.807) is 6.20 Å². The summed E-state index contributed by atoms with van der Waals surface area (Å²) in [7, 11) is 0. The molecule has 0 spiro atoms. The summed E-state index contributed by atoms with van der Waals surface area (Å²) >= 11 is 0. The number of nitrogens with two attached hydrogens (primary N) is 1. The first-order valence-corrected chi connectivity index (χ1v) is 4.24. The van der Waals surface area contributed by atoms with E-state index in [9.17, 15) is 0 Å². The van der Waals surface area contributed by atoms with Crippen LogP contribution in [0.15, 0.2) is 18.3 Å². The Morgan fingerprint density at radius 1 is 1.58 bits per heavy atom. The smallest absolute Gasteiger partial charge is 0.126 e. The Labute approximate surface area is 72.0 Å². The van der Waals surface area contributed by atoms with Crippen LogP contribution >= 0.6 is 0 Å². The second kappa shape index (κ2) is 2.66. The third-order valence-corrected chi connectivity index (χ3v) is 2.23. The third kappa shape index (κ3) is 1.49. The van der Waals surface area contributed by atoms with Gasteiger partial charge >= 0.3 is 0 Å². The molecule has 3 N–H and O–H groups in total. The van der Waals surface area contributed by atoms with Gasteiger partial charge in [-0.15, -0.1) is 0 Å². The fraction of sp³-hybridized carbons (Fsp3) is 0.444. The van der Waals surface area contributed by atoms with Crippen molar-refractivity contribution in [3.8, 4) is 0 Å². The van der Waals surface area contributed by atoms with Gasteiger partial charge in [0.15, 0.2) is 0 Å². The molecule has 2 unspecified atom stereocenters. The Kier molecular flexibility index (Phi) is 1.64. The lowest BCUT2D eigenvalue weighted by molar-refractivity contribution is 0.924. The number of aromatic nitrogens is 1. The Morgan fingerprint density at radius 3 is 2.83 bits per heavy atom. The van der Waals surface area contributed by atoms with Crippen LogP contribution in [0.2, 0.25) is 0 Å². The van der Waals surface area contributed by atoms with E-state index < -0.39 is 0 Å². The van der Waals surface area contributed by atoms with E-state index in [0.717, 1.165) is 11.7 Å². The molecule has 0 aliphatic heterocycles. The molecule has 0 radical (unpaired) electrons. The molecular weight excluding hydrogens is 150 g/mol. The molecule has 12 heavy (non-hydrogen) atoms. The summed E-state index contributed by atoms with van der Waals surface area (Å²) < 4.78 is 0. The zero-order chi connectivity index (χ0) is 8.55. The van der Waals surface area contributed by atoms with Crippen molar-refractivity contribution in [2.75, 3.05) is 11.1 Å². The van der Waals surface area contributed by atoms with Crippen LogP contribution in [0.25, 0.3) is 0 Å². The van der Waals surface area contributed by atoms with Gasteiger partial charge < -0.3 is 11.1 Å². The number of hydrogen-bond acceptors (Lipinski definition) is 3. The van der Waals surface area contributed by atoms with Gasteiger partial charge in [-0.3, -0.25) is 0 Å². The topological polar surface area (TPSA) is 50.9 Å². The first kappa shape index (κ1) is 7.40. The summed E-state index contributed by atoms with van der Waals surface area (Å²) in [5.74, 6) is 1.72. The zero-order valence-electron chi connectivity index (χ0n) is 7.12. The summed E-state index contributed by atoms with van der Waals surface area (Å²) in [4.78, 5) is 4.16. The molecule has 1 aromatic rings. The highest BCUT2D eigenvalue weighted by Crippen LogP contribution is 2.31. The summed E-state index contributed by atoms with van der Waals surface area (Å²) in [6, 6.07) is 4.41. The van der Waals surface area contributed by atoms with Crippen molar-refractivity contribution in [3.63, 3.8) is 0 Å². The maximum atomic E-state index is 5.51. The van der Waals surface area contributed by atoms with Crippen LogP contribution in [0.3, 0.4) is 0 Å². The van der Waals surface area contributed by atoms with Gasteiger partial charge in [-0.1, -0.05) is 6.92 Å². The Hall–Kier alpha value is -1.25. The highest BCUT2D eigenvalue weighted by Gasteiger charge is 2.32. The molecule has 1 fully saturated rings. The molecule has 2 atom stereocenters. The van der Waals surface area contributed by atoms with Gasteiger partial charge in [0, 0.05) is 6.04 Å². The van der Waals surface area contributed by atoms with Crippen molar-refractivity contribution in [1.82, 2.24) is 4.98 Å². The summed E-state index contributed by atoms with van der Waals surface area (Å²) in [6.07, 6.45) is 2.93. The molecule has 3 heteroatoms. The van der Waals surface area contributed by atoms with Crippen LogP contribution in [0, 0.1) is 5.92 Å². The number of rotatable bonds is 2. The van der Waals surface area contributed by atoms with Crippen molar-refractivity contribution in [2.24, 2.45) is 5.92 Å². The molecule has 0 aromatic carbocycles. The van der Waals surface area contributed by atoms with Crippen LogP contribution in [-0.2, 0) is 0 Å². The van der Waals surface area contributed by atoms with E-state index in [1.807, 2.05) is 12.1 Å². The van der Waals surface area contributed by atoms with Gasteiger partial charge in [0.2, 0.25) is 0 Å². The molecule has 1 aromatic heterocycles. The van der Waals surface area contributed by atoms with E-state index in [-0.39, 0.29) is 0 Å². The normalized spacial score (nSPS) is 26.8. The SMILES string of the molecule is CC1CC1Nc1ccc(N)cn1. The van der Waals surface area contributed by atoms with Crippen LogP contribution in [0.5, 0.6) is 0 Å². The van der Waals surface area contributed by atoms with E-state index in [1.165, 1.54) is 6.42 Å². The molecule has 3 nitrogen and oxygen atoms in total. The predicted molar refractivity (Wildman–Crippen MR) is 49.8 cm³/mol. The third-order valence-electron chi connectivity index (χ3n) is 2.23. The standard InChI is InChI=1S/C9H13N3/c1-6-4-8(6)12-9-3-2-7(10)5-11-9/h2-3,5-6,8H,4,10H2,1H3,(H,11,12). The van der Waals surface area contributed by atoms with Gasteiger partial charge in [-0.25, -0.2) is 4.98 Å². The average Bonchev–Trinajstić information content (AvgIpc) is 2.72. The van der Waals surface area contributed by atoms with Crippen LogP contribution in [-0.4, -0.2) is 11.0 Å². The largest absolute Gasteiger partial charge is 0.397 e. The summed E-state index contributed by atoms with van der Waals surface area (Å²) in [5, 5.41) is 3.33. The van der Waals surface area contributed by atoms with Gasteiger partial charge in [-0.2, -0.15) is 0 Å². The van der Waals surface area contributed by atoms with E-state index >= 15 is 0 Å². The second-order valence-electron chi connectivity index (χ2n) is 3.44. The van der Waals surface area contributed by atoms with Gasteiger partial charge in [0.25, 0.3) is 0 Å². The lowest BCUT2D eigenvalue weighted by atomic mass is 10.4. The minimum Gasteiger partial charge on any atom is -0.397 e. The number of nitrogen functional groups attached to an aromatic ring is 1. The van der Waals surface area contributed by atoms with Crippen LogP contribution in [0.1, 0.15) is 13.3 Å². The van der Waals surface area contributed by atoms with Gasteiger partial charge in [-0.05, 0) is 24.5 Å². The quantitative estimate of drug-likeness (QED) is 0.694. The van der Waals surface area contributed by atoms with E-state index in [4.69, 9.17) is 5.73 Å². The van der Waals surface area contributed by atoms with Crippen molar-refractivity contribution in [3.05, 3.63) is 18.3 Å². The Bertz CT molecular complexity index is 268. The number of nitrogens with one attached hydrogen (secondary N) is 1. The second-order valence-corrected chi connectivity index (χ2v) is 3.44. The van der Waals surface area contributed by atoms with Crippen molar-refractivity contribution < 1.29 is 0 Å². The van der Waals surface area contributed by atoms with E-state index in [2.05, 4.69) is 17.2 Å². The number of nitrogens with zero attached hydrogens (tertiary/aromatic N) is 1. The fourth-order valence-electron chi connectivity index (χ4n) is 1.20. The molecular formula is C9H13N3. The summed E-state index contributed by atoms with van der Waals surface area (Å²) in [5.41, 5.74) is 6.22. The van der Waals surface area contributed by atoms with Crippen LogP contribution < -0.4 is 11.1 Å². The minimum atomic E-state index is 0.626. The Balaban J connectivity index is 2.00. The Morgan fingerprint density at radius 2 is 2.33 bits per heavy atom. The zero-order valence-corrected chi connectivity index (χ0v) is 7.12. The monoisotopic (exact) mass is 163 g/mol. The maximum Gasteiger partial charge on any atom is 0.126 e. The predicted octanol–water partition coefficient (Wildman–Crippen LogP) is 1.48. The minimum absolute atomic E-state index is 0.626. The van der Waals surface area contributed by atoms with E-state index in [0.29, 0.717) is 11.7 Å². The molecule has 1 saturated carbocycles. The maximum absolute atomic E-state index is 5.51. The first-order valence-electron chi connectivity index (χ1n) is 4.24. The number of anilines is 2. The van der Waals surface area contributed by atoms with Crippen molar-refractivity contribution in [2.45, 2.75) is 19.4 Å². The average molecular weight is 163 g/mol. The molecule has 64 valence electrons.